The summed E-state index contributed by atoms with van der Waals surface area (Å²) in [6, 6.07) is 15.1. The summed E-state index contributed by atoms with van der Waals surface area (Å²) in [7, 11) is 0. The molecular weight excluding hydrogens is 338 g/mol. The second-order valence-electron chi connectivity index (χ2n) is 5.50. The van der Waals surface area contributed by atoms with Gasteiger partial charge in [0.15, 0.2) is 5.58 Å². The fourth-order valence-corrected chi connectivity index (χ4v) is 3.93. The standard InChI is InChI=1S/C18H13N3O3S/c19-17(22)15-13(21-18(20)23)16-14(24-15)11-8-10(6-7-12(11)25-16)9-4-2-1-3-5-9/h1-8H,(H2,19,22)(H3,20,21,23). The lowest BCUT2D eigenvalue weighted by Gasteiger charge is -2.01. The number of amides is 3. The number of thiophene rings is 1. The highest BCUT2D eigenvalue weighted by molar-refractivity contribution is 7.26. The summed E-state index contributed by atoms with van der Waals surface area (Å²) >= 11 is 1.40. The van der Waals surface area contributed by atoms with E-state index in [0.29, 0.717) is 10.3 Å². The molecule has 25 heavy (non-hydrogen) atoms. The number of fused-ring (bicyclic) bond motifs is 3. The Morgan fingerprint density at radius 2 is 1.76 bits per heavy atom. The van der Waals surface area contributed by atoms with Crippen LogP contribution < -0.4 is 16.8 Å². The zero-order valence-electron chi connectivity index (χ0n) is 12.9. The van der Waals surface area contributed by atoms with Crippen molar-refractivity contribution >= 4 is 49.3 Å². The Hall–Kier alpha value is -3.32. The van der Waals surface area contributed by atoms with E-state index in [2.05, 4.69) is 5.32 Å². The van der Waals surface area contributed by atoms with Crippen LogP contribution in [0.4, 0.5) is 10.5 Å². The van der Waals surface area contributed by atoms with Crippen LogP contribution >= 0.6 is 11.3 Å². The van der Waals surface area contributed by atoms with Crippen LogP contribution in [0, 0.1) is 0 Å². The van der Waals surface area contributed by atoms with Crippen LogP contribution in [0.1, 0.15) is 10.6 Å². The Kier molecular flexibility index (Phi) is 3.43. The quantitative estimate of drug-likeness (QED) is 0.520. The molecule has 124 valence electrons. The number of furan rings is 1. The van der Waals surface area contributed by atoms with Crippen LogP contribution in [0.25, 0.3) is 31.5 Å². The van der Waals surface area contributed by atoms with Crippen molar-refractivity contribution < 1.29 is 14.0 Å². The first-order chi connectivity index (χ1) is 12.0. The third-order valence-corrected chi connectivity index (χ3v) is 5.05. The van der Waals surface area contributed by atoms with Gasteiger partial charge in [-0.2, -0.15) is 0 Å². The Bertz CT molecular complexity index is 1130. The summed E-state index contributed by atoms with van der Waals surface area (Å²) in [5.74, 6) is -0.869. The number of benzene rings is 2. The number of anilines is 1. The van der Waals surface area contributed by atoms with E-state index in [0.717, 1.165) is 21.2 Å². The van der Waals surface area contributed by atoms with E-state index < -0.39 is 11.9 Å². The number of hydrogen-bond acceptors (Lipinski definition) is 4. The van der Waals surface area contributed by atoms with Gasteiger partial charge in [-0.15, -0.1) is 11.3 Å². The molecule has 2 aromatic heterocycles. The Labute approximate surface area is 146 Å². The molecule has 0 bridgehead atoms. The molecule has 2 heterocycles. The second kappa shape index (κ2) is 5.64. The van der Waals surface area contributed by atoms with Gasteiger partial charge in [-0.3, -0.25) is 4.79 Å². The first-order valence-electron chi connectivity index (χ1n) is 7.45. The molecule has 0 saturated heterocycles. The van der Waals surface area contributed by atoms with Crippen LogP contribution in [-0.2, 0) is 0 Å². The third kappa shape index (κ3) is 2.50. The van der Waals surface area contributed by atoms with Crippen molar-refractivity contribution in [1.82, 2.24) is 0 Å². The highest BCUT2D eigenvalue weighted by Crippen LogP contribution is 2.43. The minimum Gasteiger partial charge on any atom is -0.447 e. The average Bonchev–Trinajstić information content (AvgIpc) is 3.12. The van der Waals surface area contributed by atoms with Gasteiger partial charge in [-0.05, 0) is 23.3 Å². The topological polar surface area (TPSA) is 111 Å². The van der Waals surface area contributed by atoms with E-state index >= 15 is 0 Å². The first kappa shape index (κ1) is 15.2. The molecule has 0 aliphatic heterocycles. The number of hydrogen-bond donors (Lipinski definition) is 3. The zero-order chi connectivity index (χ0) is 17.6. The van der Waals surface area contributed by atoms with E-state index in [9.17, 15) is 9.59 Å². The molecule has 0 aliphatic carbocycles. The van der Waals surface area contributed by atoms with Crippen LogP contribution in [0.3, 0.4) is 0 Å². The summed E-state index contributed by atoms with van der Waals surface area (Å²) < 4.78 is 7.27. The molecule has 0 atom stereocenters. The van der Waals surface area contributed by atoms with Crippen molar-refractivity contribution in [3.63, 3.8) is 0 Å². The van der Waals surface area contributed by atoms with Gasteiger partial charge in [0.1, 0.15) is 5.69 Å². The minimum absolute atomic E-state index is 0.105. The Balaban J connectivity index is 1.98. The van der Waals surface area contributed by atoms with Gasteiger partial charge in [-0.1, -0.05) is 36.4 Å². The maximum atomic E-state index is 11.6. The molecule has 0 unspecified atom stereocenters. The molecule has 0 radical (unpaired) electrons. The van der Waals surface area contributed by atoms with E-state index in [1.807, 2.05) is 48.5 Å². The fourth-order valence-electron chi connectivity index (χ4n) is 2.82. The number of nitrogens with one attached hydrogen (secondary N) is 1. The Morgan fingerprint density at radius 3 is 2.44 bits per heavy atom. The van der Waals surface area contributed by atoms with Gasteiger partial charge in [0.05, 0.1) is 4.70 Å². The van der Waals surface area contributed by atoms with Crippen LogP contribution in [-0.4, -0.2) is 11.9 Å². The van der Waals surface area contributed by atoms with Gasteiger partial charge in [-0.25, -0.2) is 4.79 Å². The highest BCUT2D eigenvalue weighted by Gasteiger charge is 2.23. The third-order valence-electron chi connectivity index (χ3n) is 3.88. The summed E-state index contributed by atoms with van der Waals surface area (Å²) in [4.78, 5) is 22.9. The van der Waals surface area contributed by atoms with Gasteiger partial charge in [0.2, 0.25) is 5.76 Å². The van der Waals surface area contributed by atoms with Gasteiger partial charge in [0, 0.05) is 10.1 Å². The maximum absolute atomic E-state index is 11.6. The van der Waals surface area contributed by atoms with Crippen molar-refractivity contribution in [2.75, 3.05) is 5.32 Å². The first-order valence-corrected chi connectivity index (χ1v) is 8.27. The van der Waals surface area contributed by atoms with E-state index in [4.69, 9.17) is 15.9 Å². The number of carbonyl (C=O) groups is 2. The van der Waals surface area contributed by atoms with Crippen LogP contribution in [0.2, 0.25) is 0 Å². The predicted octanol–water partition coefficient (Wildman–Crippen LogP) is 3.90. The van der Waals surface area contributed by atoms with Gasteiger partial charge >= 0.3 is 6.03 Å². The molecule has 5 N–H and O–H groups in total. The molecule has 2 aromatic carbocycles. The lowest BCUT2D eigenvalue weighted by atomic mass is 10.0. The average molecular weight is 351 g/mol. The smallest absolute Gasteiger partial charge is 0.316 e. The van der Waals surface area contributed by atoms with Crippen molar-refractivity contribution in [3.8, 4) is 11.1 Å². The van der Waals surface area contributed by atoms with Crippen molar-refractivity contribution in [1.29, 1.82) is 0 Å². The molecule has 3 amide bonds. The molecule has 0 spiro atoms. The number of urea groups is 1. The van der Waals surface area contributed by atoms with Gasteiger partial charge in [0.25, 0.3) is 5.91 Å². The molecule has 4 rings (SSSR count). The number of nitrogens with two attached hydrogens (primary N) is 2. The monoisotopic (exact) mass is 351 g/mol. The molecule has 4 aromatic rings. The number of carbonyl (C=O) groups excluding carboxylic acids is 2. The molecule has 6 nitrogen and oxygen atoms in total. The molecular formula is C18H13N3O3S. The molecule has 0 aliphatic rings. The van der Waals surface area contributed by atoms with Gasteiger partial charge < -0.3 is 21.2 Å². The van der Waals surface area contributed by atoms with Crippen molar-refractivity contribution in [2.45, 2.75) is 0 Å². The summed E-state index contributed by atoms with van der Waals surface area (Å²) in [6.45, 7) is 0. The normalized spacial score (nSPS) is 11.0. The van der Waals surface area contributed by atoms with E-state index in [1.54, 1.807) is 0 Å². The minimum atomic E-state index is -0.785. The second-order valence-corrected chi connectivity index (χ2v) is 6.55. The van der Waals surface area contributed by atoms with E-state index in [-0.39, 0.29) is 11.4 Å². The maximum Gasteiger partial charge on any atom is 0.316 e. The highest BCUT2D eigenvalue weighted by atomic mass is 32.1. The SMILES string of the molecule is NC(=O)Nc1c(C(N)=O)oc2c1sc1ccc(-c3ccccc3)cc12. The summed E-state index contributed by atoms with van der Waals surface area (Å²) in [5.41, 5.74) is 13.4. The number of primary amides is 2. The molecule has 0 fully saturated rings. The fraction of sp³-hybridized carbons (Fsp3) is 0. The Morgan fingerprint density at radius 1 is 1.00 bits per heavy atom. The zero-order valence-corrected chi connectivity index (χ0v) is 13.7. The van der Waals surface area contributed by atoms with Crippen molar-refractivity contribution in [3.05, 3.63) is 54.3 Å². The molecule has 7 heteroatoms. The predicted molar refractivity (Wildman–Crippen MR) is 98.8 cm³/mol. The lowest BCUT2D eigenvalue weighted by molar-refractivity contribution is 0.0977. The van der Waals surface area contributed by atoms with E-state index in [1.165, 1.54) is 11.3 Å². The largest absolute Gasteiger partial charge is 0.447 e. The summed E-state index contributed by atoms with van der Waals surface area (Å²) in [6.07, 6.45) is 0. The van der Waals surface area contributed by atoms with Crippen LogP contribution in [0.5, 0.6) is 0 Å². The summed E-state index contributed by atoms with van der Waals surface area (Å²) in [5, 5.41) is 3.29. The molecule has 0 saturated carbocycles. The van der Waals surface area contributed by atoms with Crippen LogP contribution in [0.15, 0.2) is 52.9 Å². The van der Waals surface area contributed by atoms with Crippen molar-refractivity contribution in [2.24, 2.45) is 11.5 Å². The number of rotatable bonds is 3. The lowest BCUT2D eigenvalue weighted by Crippen LogP contribution is -2.21.